The minimum Gasteiger partial charge on any atom is -0.444 e. The summed E-state index contributed by atoms with van der Waals surface area (Å²) < 4.78 is 31.7. The highest BCUT2D eigenvalue weighted by molar-refractivity contribution is 5.79. The molecule has 0 aliphatic carbocycles. The van der Waals surface area contributed by atoms with Gasteiger partial charge in [-0.3, -0.25) is 4.99 Å². The van der Waals surface area contributed by atoms with Crippen molar-refractivity contribution in [3.05, 3.63) is 35.4 Å². The number of hydrogen-bond donors (Lipinski definition) is 3. The van der Waals surface area contributed by atoms with Crippen LogP contribution in [0.5, 0.6) is 0 Å². The third-order valence-electron chi connectivity index (χ3n) is 3.39. The van der Waals surface area contributed by atoms with Gasteiger partial charge in [0.25, 0.3) is 0 Å². The standard InChI is InChI=1S/C19H30F2N4O2/c1-18(2,3)27-17(26)25-19(4,5)12-24-16(22-6)23-8-7-13-9-14(20)11-15(21)10-13/h9-11H,7-8,12H2,1-6H3,(H,25,26)(H2,22,23,24). The Morgan fingerprint density at radius 3 is 2.19 bits per heavy atom. The van der Waals surface area contributed by atoms with Crippen molar-refractivity contribution >= 4 is 12.1 Å². The SMILES string of the molecule is CN=C(NCCc1cc(F)cc(F)c1)NCC(C)(C)NC(=O)OC(C)(C)C. The minimum atomic E-state index is -0.595. The lowest BCUT2D eigenvalue weighted by atomic mass is 10.1. The fraction of sp³-hybridized carbons (Fsp3) is 0.579. The van der Waals surface area contributed by atoms with Gasteiger partial charge in [0.05, 0.1) is 5.54 Å². The lowest BCUT2D eigenvalue weighted by Gasteiger charge is -2.29. The van der Waals surface area contributed by atoms with Gasteiger partial charge in [-0.15, -0.1) is 0 Å². The summed E-state index contributed by atoms with van der Waals surface area (Å²) in [5.74, 6) is -0.670. The van der Waals surface area contributed by atoms with Crippen LogP contribution in [-0.2, 0) is 11.2 Å². The van der Waals surface area contributed by atoms with E-state index >= 15 is 0 Å². The first kappa shape index (κ1) is 22.7. The normalized spacial score (nSPS) is 12.5. The van der Waals surface area contributed by atoms with E-state index in [1.165, 1.54) is 12.1 Å². The van der Waals surface area contributed by atoms with Gasteiger partial charge >= 0.3 is 6.09 Å². The van der Waals surface area contributed by atoms with Gasteiger partial charge in [-0.05, 0) is 58.7 Å². The molecule has 27 heavy (non-hydrogen) atoms. The Morgan fingerprint density at radius 1 is 1.07 bits per heavy atom. The van der Waals surface area contributed by atoms with Gasteiger partial charge < -0.3 is 20.7 Å². The molecule has 1 aromatic rings. The number of hydrogen-bond acceptors (Lipinski definition) is 3. The zero-order valence-corrected chi connectivity index (χ0v) is 16.9. The maximum absolute atomic E-state index is 13.2. The Hall–Kier alpha value is -2.38. The molecule has 0 spiro atoms. The number of carbonyl (C=O) groups is 1. The fourth-order valence-electron chi connectivity index (χ4n) is 2.23. The Morgan fingerprint density at radius 2 is 1.67 bits per heavy atom. The number of nitrogens with zero attached hydrogens (tertiary/aromatic N) is 1. The predicted octanol–water partition coefficient (Wildman–Crippen LogP) is 2.98. The molecule has 1 aromatic carbocycles. The molecule has 0 atom stereocenters. The van der Waals surface area contributed by atoms with Crippen molar-refractivity contribution in [2.24, 2.45) is 4.99 Å². The van der Waals surface area contributed by atoms with E-state index in [9.17, 15) is 13.6 Å². The van der Waals surface area contributed by atoms with Crippen LogP contribution in [0.2, 0.25) is 0 Å². The van der Waals surface area contributed by atoms with Crippen molar-refractivity contribution in [3.8, 4) is 0 Å². The van der Waals surface area contributed by atoms with Crippen LogP contribution in [0.1, 0.15) is 40.2 Å². The first-order chi connectivity index (χ1) is 12.4. The number of rotatable bonds is 6. The maximum Gasteiger partial charge on any atom is 0.408 e. The van der Waals surface area contributed by atoms with E-state index in [2.05, 4.69) is 20.9 Å². The lowest BCUT2D eigenvalue weighted by molar-refractivity contribution is 0.0474. The van der Waals surface area contributed by atoms with E-state index in [-0.39, 0.29) is 0 Å². The van der Waals surface area contributed by atoms with Crippen molar-refractivity contribution in [1.29, 1.82) is 0 Å². The summed E-state index contributed by atoms with van der Waals surface area (Å²) in [6.07, 6.45) is -0.0556. The molecular weight excluding hydrogens is 354 g/mol. The van der Waals surface area contributed by atoms with E-state index < -0.39 is 28.9 Å². The monoisotopic (exact) mass is 384 g/mol. The summed E-state index contributed by atoms with van der Waals surface area (Å²) in [4.78, 5) is 16.0. The Labute approximate surface area is 159 Å². The Bertz CT molecular complexity index is 650. The average Bonchev–Trinajstić information content (AvgIpc) is 2.47. The van der Waals surface area contributed by atoms with Crippen LogP contribution in [0, 0.1) is 11.6 Å². The minimum absolute atomic E-state index is 0.403. The summed E-state index contributed by atoms with van der Waals surface area (Å²) in [5.41, 5.74) is -0.588. The molecule has 8 heteroatoms. The molecular formula is C19H30F2N4O2. The smallest absolute Gasteiger partial charge is 0.408 e. The number of amides is 1. The highest BCUT2D eigenvalue weighted by atomic mass is 19.1. The van der Waals surface area contributed by atoms with Crippen LogP contribution in [0.3, 0.4) is 0 Å². The number of guanidine groups is 1. The lowest BCUT2D eigenvalue weighted by Crippen LogP contribution is -2.54. The van der Waals surface area contributed by atoms with Crippen LogP contribution in [0.4, 0.5) is 13.6 Å². The van der Waals surface area contributed by atoms with E-state index in [1.807, 2.05) is 13.8 Å². The summed E-state index contributed by atoms with van der Waals surface area (Å²) in [6, 6.07) is 3.45. The van der Waals surface area contributed by atoms with Crippen molar-refractivity contribution in [3.63, 3.8) is 0 Å². The molecule has 0 saturated carbocycles. The number of carbonyl (C=O) groups excluding carboxylic acids is 1. The molecule has 0 saturated heterocycles. The molecule has 0 heterocycles. The first-order valence-corrected chi connectivity index (χ1v) is 8.81. The largest absolute Gasteiger partial charge is 0.444 e. The van der Waals surface area contributed by atoms with E-state index in [0.29, 0.717) is 31.0 Å². The molecule has 0 radical (unpaired) electrons. The fourth-order valence-corrected chi connectivity index (χ4v) is 2.23. The molecule has 6 nitrogen and oxygen atoms in total. The van der Waals surface area contributed by atoms with Crippen molar-refractivity contribution in [1.82, 2.24) is 16.0 Å². The zero-order chi connectivity index (χ0) is 20.7. The number of benzene rings is 1. The number of ether oxygens (including phenoxy) is 1. The number of alkyl carbamates (subject to hydrolysis) is 1. The molecule has 0 aliphatic rings. The molecule has 1 rings (SSSR count). The van der Waals surface area contributed by atoms with Gasteiger partial charge in [0.15, 0.2) is 5.96 Å². The summed E-state index contributed by atoms with van der Waals surface area (Å²) >= 11 is 0. The third kappa shape index (κ3) is 9.77. The zero-order valence-electron chi connectivity index (χ0n) is 16.9. The highest BCUT2D eigenvalue weighted by Gasteiger charge is 2.24. The van der Waals surface area contributed by atoms with Crippen molar-refractivity contribution in [2.45, 2.75) is 52.2 Å². The Kier molecular flexibility index (Phi) is 7.99. The predicted molar refractivity (Wildman–Crippen MR) is 103 cm³/mol. The number of halogens is 2. The second kappa shape index (κ2) is 9.53. The molecule has 3 N–H and O–H groups in total. The molecule has 0 bridgehead atoms. The molecule has 0 fully saturated rings. The summed E-state index contributed by atoms with van der Waals surface area (Å²) in [6.45, 7) is 9.96. The third-order valence-corrected chi connectivity index (χ3v) is 3.39. The van der Waals surface area contributed by atoms with Gasteiger partial charge in [-0.2, -0.15) is 0 Å². The van der Waals surface area contributed by atoms with Gasteiger partial charge in [0, 0.05) is 26.2 Å². The number of aliphatic imine (C=N–C) groups is 1. The van der Waals surface area contributed by atoms with Gasteiger partial charge in [-0.25, -0.2) is 13.6 Å². The summed E-state index contributed by atoms with van der Waals surface area (Å²) in [5, 5.41) is 8.98. The van der Waals surface area contributed by atoms with Gasteiger partial charge in [0.1, 0.15) is 17.2 Å². The van der Waals surface area contributed by atoms with Crippen LogP contribution in [0.15, 0.2) is 23.2 Å². The van der Waals surface area contributed by atoms with Crippen LogP contribution < -0.4 is 16.0 Å². The maximum atomic E-state index is 13.2. The van der Waals surface area contributed by atoms with Crippen LogP contribution in [-0.4, -0.2) is 43.3 Å². The first-order valence-electron chi connectivity index (χ1n) is 8.81. The second-order valence-electron chi connectivity index (χ2n) is 7.89. The average molecular weight is 384 g/mol. The van der Waals surface area contributed by atoms with E-state index in [4.69, 9.17) is 4.74 Å². The van der Waals surface area contributed by atoms with Gasteiger partial charge in [0.2, 0.25) is 0 Å². The quantitative estimate of drug-likeness (QED) is 0.521. The summed E-state index contributed by atoms with van der Waals surface area (Å²) in [7, 11) is 1.62. The van der Waals surface area contributed by atoms with E-state index in [1.54, 1.807) is 27.8 Å². The van der Waals surface area contributed by atoms with E-state index in [0.717, 1.165) is 6.07 Å². The Balaban J connectivity index is 2.45. The van der Waals surface area contributed by atoms with Crippen molar-refractivity contribution in [2.75, 3.05) is 20.1 Å². The second-order valence-corrected chi connectivity index (χ2v) is 7.89. The molecule has 0 aliphatic heterocycles. The van der Waals surface area contributed by atoms with Crippen molar-refractivity contribution < 1.29 is 18.3 Å². The molecule has 1 amide bonds. The van der Waals surface area contributed by atoms with Crippen LogP contribution >= 0.6 is 0 Å². The molecule has 0 unspecified atom stereocenters. The molecule has 152 valence electrons. The highest BCUT2D eigenvalue weighted by Crippen LogP contribution is 2.09. The van der Waals surface area contributed by atoms with Crippen LogP contribution in [0.25, 0.3) is 0 Å². The van der Waals surface area contributed by atoms with Gasteiger partial charge in [-0.1, -0.05) is 0 Å². The number of nitrogens with one attached hydrogen (secondary N) is 3. The molecule has 0 aromatic heterocycles. The topological polar surface area (TPSA) is 74.8 Å².